The van der Waals surface area contributed by atoms with E-state index in [4.69, 9.17) is 5.73 Å². The number of benzene rings is 1. The molecular weight excluding hydrogens is 218 g/mol. The van der Waals surface area contributed by atoms with Crippen LogP contribution in [0.5, 0.6) is 0 Å². The Morgan fingerprint density at radius 2 is 2.06 bits per heavy atom. The first-order valence-electron chi connectivity index (χ1n) is 5.01. The minimum atomic E-state index is -0.346. The van der Waals surface area contributed by atoms with E-state index in [9.17, 15) is 9.59 Å². The first kappa shape index (κ1) is 10.9. The molecule has 1 amide bonds. The maximum absolute atomic E-state index is 11.8. The highest BCUT2D eigenvalue weighted by Crippen LogP contribution is 2.12. The number of carbonyl (C=O) groups excluding carboxylic acids is 1. The van der Waals surface area contributed by atoms with E-state index in [1.807, 2.05) is 0 Å². The minimum absolute atomic E-state index is 0.302. The number of amides is 1. The molecule has 0 spiro atoms. The summed E-state index contributed by atoms with van der Waals surface area (Å²) in [6, 6.07) is 9.60. The number of nitrogens with two attached hydrogens (primary N) is 1. The predicted octanol–water partition coefficient (Wildman–Crippen LogP) is 1.21. The number of pyridine rings is 1. The Balaban J connectivity index is 2.20. The van der Waals surface area contributed by atoms with Crippen LogP contribution in [0.2, 0.25) is 0 Å². The highest BCUT2D eigenvalue weighted by molar-refractivity contribution is 6.04. The van der Waals surface area contributed by atoms with E-state index in [2.05, 4.69) is 10.3 Å². The number of nitrogen functional groups attached to an aromatic ring is 1. The molecule has 0 saturated carbocycles. The van der Waals surface area contributed by atoms with Crippen LogP contribution >= 0.6 is 0 Å². The van der Waals surface area contributed by atoms with Crippen LogP contribution in [0.25, 0.3) is 0 Å². The third-order valence-corrected chi connectivity index (χ3v) is 2.18. The van der Waals surface area contributed by atoms with Gasteiger partial charge in [-0.25, -0.2) is 0 Å². The Hall–Kier alpha value is -2.56. The van der Waals surface area contributed by atoms with Gasteiger partial charge in [0.2, 0.25) is 5.56 Å². The normalized spacial score (nSPS) is 9.88. The lowest BCUT2D eigenvalue weighted by molar-refractivity contribution is 0.102. The molecule has 0 saturated heterocycles. The Bertz CT molecular complexity index is 604. The molecule has 0 aliphatic heterocycles. The second-order valence-corrected chi connectivity index (χ2v) is 3.52. The van der Waals surface area contributed by atoms with Gasteiger partial charge in [-0.05, 0) is 24.3 Å². The number of aromatic nitrogens is 1. The number of carbonyl (C=O) groups is 1. The third kappa shape index (κ3) is 2.72. The van der Waals surface area contributed by atoms with Crippen LogP contribution in [0.3, 0.4) is 0 Å². The van der Waals surface area contributed by atoms with Crippen LogP contribution in [0.1, 0.15) is 10.4 Å². The van der Waals surface area contributed by atoms with E-state index >= 15 is 0 Å². The molecule has 0 atom stereocenters. The highest BCUT2D eigenvalue weighted by Gasteiger charge is 2.06. The Labute approximate surface area is 97.3 Å². The number of anilines is 2. The molecule has 86 valence electrons. The van der Waals surface area contributed by atoms with Crippen molar-refractivity contribution in [3.05, 3.63) is 58.5 Å². The molecular formula is C12H11N3O2. The van der Waals surface area contributed by atoms with Gasteiger partial charge in [0.25, 0.3) is 5.91 Å². The van der Waals surface area contributed by atoms with Crippen LogP contribution in [0.15, 0.2) is 47.4 Å². The number of hydrogen-bond donors (Lipinski definition) is 3. The molecule has 0 radical (unpaired) electrons. The van der Waals surface area contributed by atoms with Gasteiger partial charge in [0.1, 0.15) is 0 Å². The molecule has 0 aliphatic rings. The van der Waals surface area contributed by atoms with E-state index in [0.29, 0.717) is 16.9 Å². The zero-order valence-electron chi connectivity index (χ0n) is 8.94. The van der Waals surface area contributed by atoms with Gasteiger partial charge < -0.3 is 16.0 Å². The van der Waals surface area contributed by atoms with Gasteiger partial charge in [-0.2, -0.15) is 0 Å². The van der Waals surface area contributed by atoms with Crippen molar-refractivity contribution >= 4 is 17.3 Å². The number of nitrogens with one attached hydrogen (secondary N) is 2. The van der Waals surface area contributed by atoms with Gasteiger partial charge in [0.15, 0.2) is 0 Å². The molecule has 1 aromatic heterocycles. The molecule has 0 bridgehead atoms. The summed E-state index contributed by atoms with van der Waals surface area (Å²) in [5.74, 6) is -0.346. The van der Waals surface area contributed by atoms with Gasteiger partial charge >= 0.3 is 0 Å². The van der Waals surface area contributed by atoms with Crippen LogP contribution < -0.4 is 16.6 Å². The maximum Gasteiger partial charge on any atom is 0.255 e. The number of H-pyrrole nitrogens is 1. The maximum atomic E-state index is 11.8. The summed E-state index contributed by atoms with van der Waals surface area (Å²) in [6.45, 7) is 0. The van der Waals surface area contributed by atoms with Crippen molar-refractivity contribution in [2.24, 2.45) is 0 Å². The smallest absolute Gasteiger partial charge is 0.255 e. The van der Waals surface area contributed by atoms with Crippen LogP contribution in [-0.4, -0.2) is 10.9 Å². The van der Waals surface area contributed by atoms with Gasteiger partial charge in [0.05, 0.1) is 0 Å². The lowest BCUT2D eigenvalue weighted by atomic mass is 10.2. The Morgan fingerprint density at radius 3 is 2.76 bits per heavy atom. The fourth-order valence-electron chi connectivity index (χ4n) is 1.41. The molecule has 5 heteroatoms. The molecule has 1 heterocycles. The Kier molecular flexibility index (Phi) is 2.91. The van der Waals surface area contributed by atoms with Crippen molar-refractivity contribution in [2.45, 2.75) is 0 Å². The average molecular weight is 229 g/mol. The van der Waals surface area contributed by atoms with Crippen molar-refractivity contribution in [3.8, 4) is 0 Å². The molecule has 0 unspecified atom stereocenters. The molecule has 0 aliphatic carbocycles. The molecule has 0 fully saturated rings. The number of rotatable bonds is 2. The number of aromatic amines is 1. The van der Waals surface area contributed by atoms with E-state index in [1.165, 1.54) is 18.3 Å². The van der Waals surface area contributed by atoms with Crippen LogP contribution in [-0.2, 0) is 0 Å². The average Bonchev–Trinajstić information content (AvgIpc) is 2.29. The summed E-state index contributed by atoms with van der Waals surface area (Å²) >= 11 is 0. The van der Waals surface area contributed by atoms with Gasteiger partial charge in [-0.15, -0.1) is 0 Å². The monoisotopic (exact) mass is 229 g/mol. The second-order valence-electron chi connectivity index (χ2n) is 3.52. The zero-order valence-corrected chi connectivity index (χ0v) is 8.94. The molecule has 2 rings (SSSR count). The van der Waals surface area contributed by atoms with Crippen molar-refractivity contribution < 1.29 is 4.79 Å². The third-order valence-electron chi connectivity index (χ3n) is 2.18. The van der Waals surface area contributed by atoms with E-state index in [-0.39, 0.29) is 11.5 Å². The molecule has 17 heavy (non-hydrogen) atoms. The summed E-state index contributed by atoms with van der Waals surface area (Å²) < 4.78 is 0. The summed E-state index contributed by atoms with van der Waals surface area (Å²) in [5, 5.41) is 2.65. The van der Waals surface area contributed by atoms with Crippen molar-refractivity contribution in [3.63, 3.8) is 0 Å². The zero-order chi connectivity index (χ0) is 12.3. The fourth-order valence-corrected chi connectivity index (χ4v) is 1.41. The summed E-state index contributed by atoms with van der Waals surface area (Å²) in [5.41, 5.74) is 6.73. The summed E-state index contributed by atoms with van der Waals surface area (Å²) in [7, 11) is 0. The van der Waals surface area contributed by atoms with E-state index in [0.717, 1.165) is 0 Å². The summed E-state index contributed by atoms with van der Waals surface area (Å²) in [4.78, 5) is 25.3. The van der Waals surface area contributed by atoms with Crippen LogP contribution in [0.4, 0.5) is 11.4 Å². The largest absolute Gasteiger partial charge is 0.399 e. The van der Waals surface area contributed by atoms with Crippen molar-refractivity contribution in [1.29, 1.82) is 0 Å². The number of hydrogen-bond acceptors (Lipinski definition) is 3. The van der Waals surface area contributed by atoms with Gasteiger partial charge in [-0.3, -0.25) is 9.59 Å². The predicted molar refractivity (Wildman–Crippen MR) is 65.9 cm³/mol. The van der Waals surface area contributed by atoms with E-state index < -0.39 is 0 Å². The second kappa shape index (κ2) is 4.52. The van der Waals surface area contributed by atoms with E-state index in [1.54, 1.807) is 24.3 Å². The fraction of sp³-hybridized carbons (Fsp3) is 0. The topological polar surface area (TPSA) is 88.0 Å². The van der Waals surface area contributed by atoms with Crippen molar-refractivity contribution in [2.75, 3.05) is 11.1 Å². The summed E-state index contributed by atoms with van der Waals surface area (Å²) in [6.07, 6.45) is 1.43. The quantitative estimate of drug-likeness (QED) is 0.676. The Morgan fingerprint density at radius 1 is 1.24 bits per heavy atom. The van der Waals surface area contributed by atoms with Gasteiger partial charge in [-0.1, -0.05) is 6.07 Å². The highest BCUT2D eigenvalue weighted by atomic mass is 16.2. The lowest BCUT2D eigenvalue weighted by Gasteiger charge is -2.05. The van der Waals surface area contributed by atoms with Gasteiger partial charge in [0, 0.05) is 29.2 Å². The SMILES string of the molecule is Nc1cccc(NC(=O)c2cc[nH]c(=O)c2)c1. The first-order valence-corrected chi connectivity index (χ1v) is 5.01. The molecule has 2 aromatic rings. The van der Waals surface area contributed by atoms with Crippen molar-refractivity contribution in [1.82, 2.24) is 4.98 Å². The first-order chi connectivity index (χ1) is 8.15. The molecule has 5 nitrogen and oxygen atoms in total. The molecule has 1 aromatic carbocycles. The lowest BCUT2D eigenvalue weighted by Crippen LogP contribution is -2.15. The van der Waals surface area contributed by atoms with Crippen LogP contribution in [0, 0.1) is 0 Å². The standard InChI is InChI=1S/C12H11N3O2/c13-9-2-1-3-10(7-9)15-12(17)8-4-5-14-11(16)6-8/h1-7H,13H2,(H,14,16)(H,15,17). The minimum Gasteiger partial charge on any atom is -0.399 e. The molecule has 4 N–H and O–H groups in total.